The van der Waals surface area contributed by atoms with E-state index in [2.05, 4.69) is 18.7 Å². The Bertz CT molecular complexity index is 161. The number of likely N-dealkylation sites (N-methyl/N-ethyl adjacent to an activating group) is 1. The van der Waals surface area contributed by atoms with Crippen molar-refractivity contribution in [2.75, 3.05) is 46.6 Å². The van der Waals surface area contributed by atoms with Gasteiger partial charge in [-0.05, 0) is 19.9 Å². The Morgan fingerprint density at radius 2 is 1.94 bits per heavy atom. The number of hydrogen-bond acceptors (Lipinski definition) is 4. The van der Waals surface area contributed by atoms with Crippen LogP contribution in [0, 0.1) is 0 Å². The molecule has 0 saturated heterocycles. The molecule has 0 heterocycles. The van der Waals surface area contributed by atoms with Crippen molar-refractivity contribution in [3.63, 3.8) is 0 Å². The first-order valence-electron chi connectivity index (χ1n) is 6.22. The van der Waals surface area contributed by atoms with Gasteiger partial charge in [0.25, 0.3) is 0 Å². The normalized spacial score (nSPS) is 15.4. The van der Waals surface area contributed by atoms with Gasteiger partial charge in [0.2, 0.25) is 0 Å². The molecule has 0 rings (SSSR count). The van der Waals surface area contributed by atoms with Crippen molar-refractivity contribution in [1.29, 1.82) is 0 Å². The van der Waals surface area contributed by atoms with Crippen molar-refractivity contribution in [2.24, 2.45) is 5.73 Å². The number of ether oxygens (including phenoxy) is 2. The van der Waals surface area contributed by atoms with Gasteiger partial charge in [0.15, 0.2) is 0 Å². The Labute approximate surface area is 100 Å². The fourth-order valence-electron chi connectivity index (χ4n) is 2.07. The van der Waals surface area contributed by atoms with Gasteiger partial charge < -0.3 is 15.2 Å². The maximum absolute atomic E-state index is 5.92. The van der Waals surface area contributed by atoms with E-state index < -0.39 is 0 Å². The molecule has 0 fully saturated rings. The molecule has 98 valence electrons. The number of nitrogens with two attached hydrogens (primary N) is 1. The van der Waals surface area contributed by atoms with Gasteiger partial charge in [-0.3, -0.25) is 4.90 Å². The van der Waals surface area contributed by atoms with Crippen LogP contribution >= 0.6 is 0 Å². The van der Waals surface area contributed by atoms with Crippen LogP contribution in [0.1, 0.15) is 27.2 Å². The fourth-order valence-corrected chi connectivity index (χ4v) is 2.07. The number of methoxy groups -OCH3 is 1. The largest absolute Gasteiger partial charge is 0.383 e. The molecule has 1 atom stereocenters. The molecule has 0 spiro atoms. The lowest BCUT2D eigenvalue weighted by molar-refractivity contribution is -0.00227. The molecule has 0 aliphatic carbocycles. The molecule has 4 nitrogen and oxygen atoms in total. The average Bonchev–Trinajstić information content (AvgIpc) is 2.32. The van der Waals surface area contributed by atoms with Crippen molar-refractivity contribution in [3.05, 3.63) is 0 Å². The summed E-state index contributed by atoms with van der Waals surface area (Å²) in [5, 5.41) is 0. The molecule has 0 saturated carbocycles. The van der Waals surface area contributed by atoms with E-state index in [4.69, 9.17) is 15.2 Å². The van der Waals surface area contributed by atoms with Crippen LogP contribution in [0.15, 0.2) is 0 Å². The van der Waals surface area contributed by atoms with Gasteiger partial charge in [-0.15, -0.1) is 0 Å². The summed E-state index contributed by atoms with van der Waals surface area (Å²) in [5.74, 6) is 0. The predicted octanol–water partition coefficient (Wildman–Crippen LogP) is 1.10. The van der Waals surface area contributed by atoms with E-state index in [1.165, 1.54) is 0 Å². The van der Waals surface area contributed by atoms with Crippen LogP contribution in [0.25, 0.3) is 0 Å². The van der Waals surface area contributed by atoms with Gasteiger partial charge in [0.05, 0.1) is 18.8 Å². The summed E-state index contributed by atoms with van der Waals surface area (Å²) in [6.07, 6.45) is 0.997. The molecule has 4 heteroatoms. The second-order valence-corrected chi connectivity index (χ2v) is 3.99. The molecule has 0 bridgehead atoms. The minimum absolute atomic E-state index is 0.0411. The topological polar surface area (TPSA) is 47.7 Å². The van der Waals surface area contributed by atoms with Gasteiger partial charge in [-0.25, -0.2) is 0 Å². The fraction of sp³-hybridized carbons (Fsp3) is 1.00. The highest BCUT2D eigenvalue weighted by molar-refractivity contribution is 4.90. The van der Waals surface area contributed by atoms with E-state index in [1.54, 1.807) is 7.11 Å². The summed E-state index contributed by atoms with van der Waals surface area (Å²) in [6, 6.07) is 0. The summed E-state index contributed by atoms with van der Waals surface area (Å²) < 4.78 is 10.7. The molecule has 0 aromatic carbocycles. The smallest absolute Gasteiger partial charge is 0.0658 e. The Kier molecular flexibility index (Phi) is 8.84. The highest BCUT2D eigenvalue weighted by Gasteiger charge is 2.32. The molecule has 2 N–H and O–H groups in total. The van der Waals surface area contributed by atoms with Crippen LogP contribution in [0.3, 0.4) is 0 Å². The third-order valence-electron chi connectivity index (χ3n) is 3.21. The van der Waals surface area contributed by atoms with Crippen LogP contribution in [0.5, 0.6) is 0 Å². The van der Waals surface area contributed by atoms with Gasteiger partial charge in [0, 0.05) is 26.8 Å². The van der Waals surface area contributed by atoms with Gasteiger partial charge in [-0.1, -0.05) is 13.8 Å². The molecule has 0 aliphatic rings. The molecule has 0 amide bonds. The van der Waals surface area contributed by atoms with E-state index in [0.717, 1.165) is 32.7 Å². The Morgan fingerprint density at radius 3 is 2.31 bits per heavy atom. The number of nitrogens with zero attached hydrogens (tertiary/aromatic N) is 1. The maximum atomic E-state index is 5.92. The van der Waals surface area contributed by atoms with Crippen LogP contribution in [0.2, 0.25) is 0 Å². The van der Waals surface area contributed by atoms with Crippen molar-refractivity contribution >= 4 is 0 Å². The van der Waals surface area contributed by atoms with E-state index in [-0.39, 0.29) is 5.54 Å². The number of rotatable bonds is 10. The summed E-state index contributed by atoms with van der Waals surface area (Å²) in [7, 11) is 1.73. The third kappa shape index (κ3) is 4.37. The van der Waals surface area contributed by atoms with Crippen molar-refractivity contribution in [1.82, 2.24) is 4.90 Å². The lowest BCUT2D eigenvalue weighted by atomic mass is 9.94. The average molecular weight is 232 g/mol. The predicted molar refractivity (Wildman–Crippen MR) is 67.7 cm³/mol. The first kappa shape index (κ1) is 15.8. The second-order valence-electron chi connectivity index (χ2n) is 3.99. The summed E-state index contributed by atoms with van der Waals surface area (Å²) in [5.41, 5.74) is 5.88. The molecular weight excluding hydrogens is 204 g/mol. The monoisotopic (exact) mass is 232 g/mol. The molecule has 1 unspecified atom stereocenters. The highest BCUT2D eigenvalue weighted by Crippen LogP contribution is 2.18. The summed E-state index contributed by atoms with van der Waals surface area (Å²) in [6.45, 7) is 11.1. The molecule has 0 aromatic heterocycles. The SMILES string of the molecule is CCOCCN(CC)C(CC)(CN)COC. The van der Waals surface area contributed by atoms with Crippen LogP contribution < -0.4 is 5.73 Å². The van der Waals surface area contributed by atoms with E-state index >= 15 is 0 Å². The zero-order chi connectivity index (χ0) is 12.4. The quantitative estimate of drug-likeness (QED) is 0.573. The third-order valence-corrected chi connectivity index (χ3v) is 3.21. The van der Waals surface area contributed by atoms with Crippen molar-refractivity contribution in [3.8, 4) is 0 Å². The lowest BCUT2D eigenvalue weighted by Gasteiger charge is -2.42. The van der Waals surface area contributed by atoms with Gasteiger partial charge in [0.1, 0.15) is 0 Å². The molecule has 0 aromatic rings. The van der Waals surface area contributed by atoms with E-state index in [1.807, 2.05) is 6.92 Å². The minimum Gasteiger partial charge on any atom is -0.383 e. The standard InChI is InChI=1S/C12H28N2O2/c1-5-12(10-13,11-15-4)14(6-2)8-9-16-7-3/h5-11,13H2,1-4H3. The van der Waals surface area contributed by atoms with Gasteiger partial charge in [-0.2, -0.15) is 0 Å². The molecule has 16 heavy (non-hydrogen) atoms. The minimum atomic E-state index is -0.0411. The second kappa shape index (κ2) is 8.93. The maximum Gasteiger partial charge on any atom is 0.0658 e. The molecular formula is C12H28N2O2. The summed E-state index contributed by atoms with van der Waals surface area (Å²) in [4.78, 5) is 2.37. The highest BCUT2D eigenvalue weighted by atomic mass is 16.5. The summed E-state index contributed by atoms with van der Waals surface area (Å²) >= 11 is 0. The van der Waals surface area contributed by atoms with Crippen molar-refractivity contribution < 1.29 is 9.47 Å². The zero-order valence-corrected chi connectivity index (χ0v) is 11.3. The Balaban J connectivity index is 4.43. The zero-order valence-electron chi connectivity index (χ0n) is 11.3. The number of hydrogen-bond donors (Lipinski definition) is 1. The molecule has 0 aliphatic heterocycles. The first-order chi connectivity index (χ1) is 7.70. The lowest BCUT2D eigenvalue weighted by Crippen LogP contribution is -2.57. The van der Waals surface area contributed by atoms with Crippen LogP contribution in [0.4, 0.5) is 0 Å². The van der Waals surface area contributed by atoms with E-state index in [0.29, 0.717) is 13.2 Å². The first-order valence-corrected chi connectivity index (χ1v) is 6.22. The van der Waals surface area contributed by atoms with Crippen molar-refractivity contribution in [2.45, 2.75) is 32.7 Å². The van der Waals surface area contributed by atoms with Crippen LogP contribution in [-0.2, 0) is 9.47 Å². The molecule has 0 radical (unpaired) electrons. The van der Waals surface area contributed by atoms with Crippen LogP contribution in [-0.4, -0.2) is 57.0 Å². The van der Waals surface area contributed by atoms with E-state index in [9.17, 15) is 0 Å². The Morgan fingerprint density at radius 1 is 1.25 bits per heavy atom. The Hall–Kier alpha value is -0.160. The van der Waals surface area contributed by atoms with Gasteiger partial charge >= 0.3 is 0 Å².